The van der Waals surface area contributed by atoms with E-state index in [9.17, 15) is 58.2 Å². The van der Waals surface area contributed by atoms with Gasteiger partial charge >= 0.3 is 5.97 Å². The third-order valence-electron chi connectivity index (χ3n) is 12.4. The number of nitrogens with two attached hydrogens (primary N) is 6. The van der Waals surface area contributed by atoms with Crippen molar-refractivity contribution in [1.82, 2.24) is 42.1 Å². The van der Waals surface area contributed by atoms with Crippen LogP contribution in [0.3, 0.4) is 0 Å². The van der Waals surface area contributed by atoms with E-state index in [1.54, 1.807) is 34.6 Å². The molecule has 1 saturated heterocycles. The minimum absolute atomic E-state index is 0.0122. The molecule has 1 aliphatic heterocycles. The molecule has 21 N–H and O–H groups in total. The van der Waals surface area contributed by atoms with E-state index in [1.165, 1.54) is 4.90 Å². The van der Waals surface area contributed by atoms with Crippen molar-refractivity contribution < 1.29 is 58.2 Å². The van der Waals surface area contributed by atoms with E-state index in [2.05, 4.69) is 47.2 Å². The average molecular weight is 1080 g/mol. The smallest absolute Gasteiger partial charge is 0.326 e. The Morgan fingerprint density at radius 2 is 0.961 bits per heavy atom. The summed E-state index contributed by atoms with van der Waals surface area (Å²) in [6.07, 6.45) is 1.03. The Morgan fingerprint density at radius 3 is 1.39 bits per heavy atom. The molecular formula is C48H88N16O12. The second-order valence-electron chi connectivity index (χ2n) is 20.5. The van der Waals surface area contributed by atoms with Crippen LogP contribution in [0.15, 0.2) is 9.98 Å². The minimum Gasteiger partial charge on any atom is -0.480 e. The quantitative estimate of drug-likeness (QED) is 0.0163. The highest BCUT2D eigenvalue weighted by Crippen LogP contribution is 2.22. The normalized spacial score (nSPS) is 16.8. The van der Waals surface area contributed by atoms with Gasteiger partial charge in [0.15, 0.2) is 11.9 Å². The monoisotopic (exact) mass is 1080 g/mol. The van der Waals surface area contributed by atoms with Crippen molar-refractivity contribution in [3.8, 4) is 0 Å². The van der Waals surface area contributed by atoms with Crippen LogP contribution in [0.4, 0.5) is 0 Å². The molecule has 28 nitrogen and oxygen atoms in total. The van der Waals surface area contributed by atoms with Gasteiger partial charge in [0.05, 0.1) is 19.1 Å². The molecule has 0 bridgehead atoms. The van der Waals surface area contributed by atoms with Crippen molar-refractivity contribution in [1.29, 1.82) is 0 Å². The molecule has 0 saturated carbocycles. The predicted molar refractivity (Wildman–Crippen MR) is 282 cm³/mol. The van der Waals surface area contributed by atoms with Gasteiger partial charge in [-0.25, -0.2) is 4.79 Å². The van der Waals surface area contributed by atoms with Crippen LogP contribution < -0.4 is 71.6 Å². The molecule has 1 heterocycles. The number of aliphatic hydroxyl groups is 1. The number of likely N-dealkylation sites (tertiary alicyclic amines) is 1. The number of guanidine groups is 2. The predicted octanol–water partition coefficient (Wildman–Crippen LogP) is -4.06. The van der Waals surface area contributed by atoms with Crippen molar-refractivity contribution in [2.75, 3.05) is 26.2 Å². The molecule has 0 radical (unpaired) electrons. The van der Waals surface area contributed by atoms with E-state index in [1.807, 2.05) is 20.8 Å². The van der Waals surface area contributed by atoms with Crippen LogP contribution >= 0.6 is 0 Å². The number of rotatable bonds is 35. The van der Waals surface area contributed by atoms with E-state index in [4.69, 9.17) is 34.4 Å². The summed E-state index contributed by atoms with van der Waals surface area (Å²) >= 11 is 0. The molecule has 0 unspecified atom stereocenters. The summed E-state index contributed by atoms with van der Waals surface area (Å²) in [6, 6.07) is -12.0. The average Bonchev–Trinajstić information content (AvgIpc) is 3.83. The van der Waals surface area contributed by atoms with Crippen molar-refractivity contribution in [3.63, 3.8) is 0 Å². The molecule has 432 valence electrons. The van der Waals surface area contributed by atoms with Gasteiger partial charge in [-0.3, -0.25) is 53.1 Å². The number of nitrogens with zero attached hydrogens (tertiary/aromatic N) is 3. The second-order valence-corrected chi connectivity index (χ2v) is 20.5. The van der Waals surface area contributed by atoms with Crippen LogP contribution in [0, 0.1) is 23.7 Å². The van der Waals surface area contributed by atoms with Crippen molar-refractivity contribution in [2.45, 2.75) is 180 Å². The Labute approximate surface area is 445 Å². The second kappa shape index (κ2) is 34.0. The molecule has 1 rings (SSSR count). The highest BCUT2D eigenvalue weighted by Gasteiger charge is 2.41. The maximum Gasteiger partial charge on any atom is 0.326 e. The molecule has 0 aromatic rings. The summed E-state index contributed by atoms with van der Waals surface area (Å²) in [5.74, 6) is -10.3. The Balaban J connectivity index is 3.46. The van der Waals surface area contributed by atoms with E-state index >= 15 is 0 Å². The van der Waals surface area contributed by atoms with Gasteiger partial charge in [0.2, 0.25) is 53.2 Å². The SMILES string of the molecule is CC[C@H](C)[C@H](NC(=O)[C@H](CC(C)C)NC(=O)[C@H](CC(C)C)NC(=O)[C@H](CCCN=C(N)N)NC(=O)[C@H](CC(N)=O)NC(=O)[C@H](CO)NC(=O)[C@H](CC(C)C)NC(=O)[C@@H](N)CCCN=C(N)N)C(=O)N1CCC[C@H]1C(=O)O. The molecule has 76 heavy (non-hydrogen) atoms. The number of hydrogen-bond acceptors (Lipinski definition) is 14. The van der Waals surface area contributed by atoms with Crippen molar-refractivity contribution in [3.05, 3.63) is 0 Å². The van der Waals surface area contributed by atoms with Crippen molar-refractivity contribution >= 4 is 71.1 Å². The van der Waals surface area contributed by atoms with Gasteiger partial charge in [-0.2, -0.15) is 0 Å². The van der Waals surface area contributed by atoms with Crippen LogP contribution in [0.1, 0.15) is 126 Å². The van der Waals surface area contributed by atoms with E-state index in [0.29, 0.717) is 19.3 Å². The maximum atomic E-state index is 14.3. The first-order chi connectivity index (χ1) is 35.5. The molecular weight excluding hydrogens is 993 g/mol. The molecule has 0 spiro atoms. The number of carbonyl (C=O) groups excluding carboxylic acids is 9. The fourth-order valence-corrected chi connectivity index (χ4v) is 8.18. The zero-order valence-electron chi connectivity index (χ0n) is 45.4. The summed E-state index contributed by atoms with van der Waals surface area (Å²) < 4.78 is 0. The summed E-state index contributed by atoms with van der Waals surface area (Å²) in [6.45, 7) is 13.7. The van der Waals surface area contributed by atoms with Crippen LogP contribution in [0.25, 0.3) is 0 Å². The lowest BCUT2D eigenvalue weighted by molar-refractivity contribution is -0.150. The molecule has 1 fully saturated rings. The van der Waals surface area contributed by atoms with Gasteiger partial charge in [-0.1, -0.05) is 61.8 Å². The minimum atomic E-state index is -1.79. The number of amides is 9. The molecule has 28 heteroatoms. The summed E-state index contributed by atoms with van der Waals surface area (Å²) in [5, 5.41) is 37.9. The molecule has 0 aromatic carbocycles. The Kier molecular flexibility index (Phi) is 30.0. The lowest BCUT2D eigenvalue weighted by atomic mass is 9.95. The Bertz CT molecular complexity index is 2030. The van der Waals surface area contributed by atoms with Crippen LogP contribution in [0.5, 0.6) is 0 Å². The Morgan fingerprint density at radius 1 is 0.566 bits per heavy atom. The molecule has 1 aliphatic rings. The number of carbonyl (C=O) groups is 10. The number of nitrogens with one attached hydrogen (secondary N) is 7. The number of hydrogen-bond donors (Lipinski definition) is 15. The largest absolute Gasteiger partial charge is 0.480 e. The molecule has 0 aromatic heterocycles. The van der Waals surface area contributed by atoms with E-state index in [-0.39, 0.29) is 94.3 Å². The summed E-state index contributed by atoms with van der Waals surface area (Å²) in [7, 11) is 0. The zero-order valence-corrected chi connectivity index (χ0v) is 45.4. The lowest BCUT2D eigenvalue weighted by Gasteiger charge is -2.32. The van der Waals surface area contributed by atoms with E-state index in [0.717, 1.165) is 0 Å². The molecule has 10 atom stereocenters. The number of aliphatic carboxylic acids is 1. The summed E-state index contributed by atoms with van der Waals surface area (Å²) in [5.41, 5.74) is 33.2. The van der Waals surface area contributed by atoms with Gasteiger partial charge in [0.1, 0.15) is 48.3 Å². The van der Waals surface area contributed by atoms with E-state index < -0.39 is 132 Å². The van der Waals surface area contributed by atoms with Gasteiger partial charge in [-0.05, 0) is 81.5 Å². The van der Waals surface area contributed by atoms with Gasteiger partial charge in [0, 0.05) is 19.6 Å². The van der Waals surface area contributed by atoms with Crippen LogP contribution in [0.2, 0.25) is 0 Å². The summed E-state index contributed by atoms with van der Waals surface area (Å²) in [4.78, 5) is 144. The van der Waals surface area contributed by atoms with Crippen LogP contribution in [-0.2, 0) is 47.9 Å². The third kappa shape index (κ3) is 24.7. The highest BCUT2D eigenvalue weighted by molar-refractivity contribution is 5.99. The van der Waals surface area contributed by atoms with Gasteiger partial charge < -0.3 is 86.7 Å². The van der Waals surface area contributed by atoms with Gasteiger partial charge in [-0.15, -0.1) is 0 Å². The Hall–Kier alpha value is -6.84. The first-order valence-corrected chi connectivity index (χ1v) is 25.9. The topological polar surface area (TPSA) is 479 Å². The number of primary amides is 1. The number of aliphatic hydroxyl groups excluding tert-OH is 1. The molecule has 0 aliphatic carbocycles. The third-order valence-corrected chi connectivity index (χ3v) is 12.4. The highest BCUT2D eigenvalue weighted by atomic mass is 16.4. The van der Waals surface area contributed by atoms with Crippen LogP contribution in [-0.4, -0.2) is 167 Å². The first kappa shape index (κ1) is 67.2. The maximum absolute atomic E-state index is 14.3. The first-order valence-electron chi connectivity index (χ1n) is 25.9. The number of carboxylic acids is 1. The standard InChI is InChI=1S/C48H88N16O12/c1-9-27(8)37(45(74)64-18-12-15-35(64)46(75)76)63-43(72)32(21-26(6)7)60-40(69)31(20-25(4)5)59-39(68)29(14-11-17-56-48(53)54)57-42(71)33(22-36(50)66)61-44(73)34(23-65)62-41(70)30(19-24(2)3)58-38(67)28(49)13-10-16-55-47(51)52/h24-35,37,65H,9-23,49H2,1-8H3,(H2,50,66)(H,57,71)(H,58,67)(H,59,68)(H,60,69)(H,61,73)(H,62,70)(H,63,72)(H,75,76)(H4,51,52,55)(H4,53,54,56)/t27-,28-,29-,30-,31-,32-,33-,34-,35-,37-/m0/s1. The number of aliphatic imine (C=N–C) groups is 2. The lowest BCUT2D eigenvalue weighted by Crippen LogP contribution is -2.61. The fraction of sp³-hybridized carbons (Fsp3) is 0.750. The van der Waals surface area contributed by atoms with Crippen molar-refractivity contribution in [2.24, 2.45) is 68.1 Å². The fourth-order valence-electron chi connectivity index (χ4n) is 8.18. The number of carboxylic acid groups (broad SMARTS) is 1. The molecule has 9 amide bonds. The zero-order chi connectivity index (χ0) is 58.0. The van der Waals surface area contributed by atoms with Gasteiger partial charge in [0.25, 0.3) is 0 Å².